The number of nitrogens with zero attached hydrogens (tertiary/aromatic N) is 3. The summed E-state index contributed by atoms with van der Waals surface area (Å²) in [5.41, 5.74) is 8.41. The molecule has 6 nitrogen and oxygen atoms in total. The molecular formula is C11H20N4O2. The first-order chi connectivity index (χ1) is 8.13. The molecule has 1 rings (SSSR count). The molecule has 0 radical (unpaired) electrons. The molecule has 6 heteroatoms. The van der Waals surface area contributed by atoms with Gasteiger partial charge in [0.2, 0.25) is 0 Å². The maximum Gasteiger partial charge on any atom is 0.404 e. The molecule has 1 amide bonds. The number of hydrogen-bond donors (Lipinski definition) is 2. The van der Waals surface area contributed by atoms with Crippen LogP contribution in [-0.2, 0) is 0 Å². The van der Waals surface area contributed by atoms with Crippen molar-refractivity contribution in [1.82, 2.24) is 5.32 Å². The van der Waals surface area contributed by atoms with Gasteiger partial charge in [-0.3, -0.25) is 0 Å². The first-order valence-corrected chi connectivity index (χ1v) is 6.17. The zero-order chi connectivity index (χ0) is 12.7. The van der Waals surface area contributed by atoms with Crippen molar-refractivity contribution in [2.45, 2.75) is 57.5 Å². The lowest BCUT2D eigenvalue weighted by Gasteiger charge is -2.28. The standard InChI is InChI=1S/C11H20N4O2/c1-8(14-15-12)10(13-11(16)17)7-9-5-3-2-4-6-9/h8-10,13H,2-7H2,1H3,(H,16,17). The highest BCUT2D eigenvalue weighted by Gasteiger charge is 2.23. The van der Waals surface area contributed by atoms with E-state index < -0.39 is 6.09 Å². The summed E-state index contributed by atoms with van der Waals surface area (Å²) in [5.74, 6) is 0.553. The summed E-state index contributed by atoms with van der Waals surface area (Å²) in [7, 11) is 0. The number of hydrogen-bond acceptors (Lipinski definition) is 2. The highest BCUT2D eigenvalue weighted by atomic mass is 16.4. The van der Waals surface area contributed by atoms with Gasteiger partial charge in [-0.15, -0.1) is 0 Å². The highest BCUT2D eigenvalue weighted by Crippen LogP contribution is 2.28. The molecule has 2 unspecified atom stereocenters. The Morgan fingerprint density at radius 2 is 2.18 bits per heavy atom. The molecule has 2 N–H and O–H groups in total. The van der Waals surface area contributed by atoms with E-state index in [0.717, 1.165) is 19.3 Å². The lowest BCUT2D eigenvalue weighted by atomic mass is 9.83. The van der Waals surface area contributed by atoms with Crippen LogP contribution in [0.1, 0.15) is 45.4 Å². The largest absolute Gasteiger partial charge is 0.465 e. The van der Waals surface area contributed by atoms with E-state index in [4.69, 9.17) is 10.6 Å². The van der Waals surface area contributed by atoms with Gasteiger partial charge in [0, 0.05) is 11.0 Å². The minimum Gasteiger partial charge on any atom is -0.465 e. The van der Waals surface area contributed by atoms with Crippen LogP contribution in [0.4, 0.5) is 4.79 Å². The fourth-order valence-electron chi connectivity index (χ4n) is 2.48. The first kappa shape index (κ1) is 13.6. The Morgan fingerprint density at radius 1 is 1.53 bits per heavy atom. The highest BCUT2D eigenvalue weighted by molar-refractivity contribution is 5.64. The summed E-state index contributed by atoms with van der Waals surface area (Å²) in [4.78, 5) is 13.5. The van der Waals surface area contributed by atoms with E-state index in [0.29, 0.717) is 5.92 Å². The number of carbonyl (C=O) groups is 1. The van der Waals surface area contributed by atoms with Crippen molar-refractivity contribution in [3.63, 3.8) is 0 Å². The average Bonchev–Trinajstić information content (AvgIpc) is 2.29. The number of nitrogens with one attached hydrogen (secondary N) is 1. The third-order valence-corrected chi connectivity index (χ3v) is 3.44. The van der Waals surface area contributed by atoms with Crippen molar-refractivity contribution >= 4 is 6.09 Å². The molecule has 96 valence electrons. The molecular weight excluding hydrogens is 220 g/mol. The molecule has 0 saturated heterocycles. The van der Waals surface area contributed by atoms with E-state index in [1.54, 1.807) is 6.92 Å². The predicted octanol–water partition coefficient (Wildman–Crippen LogP) is 3.29. The zero-order valence-electron chi connectivity index (χ0n) is 10.2. The molecule has 0 aliphatic heterocycles. The molecule has 1 aliphatic carbocycles. The molecule has 1 fully saturated rings. The number of amides is 1. The van der Waals surface area contributed by atoms with Gasteiger partial charge in [-0.1, -0.05) is 44.1 Å². The predicted molar refractivity (Wildman–Crippen MR) is 64.7 cm³/mol. The van der Waals surface area contributed by atoms with Crippen molar-refractivity contribution in [3.8, 4) is 0 Å². The Bertz CT molecular complexity index is 296. The van der Waals surface area contributed by atoms with Crippen molar-refractivity contribution in [3.05, 3.63) is 10.4 Å². The van der Waals surface area contributed by atoms with Crippen molar-refractivity contribution in [1.29, 1.82) is 0 Å². The summed E-state index contributed by atoms with van der Waals surface area (Å²) in [6.45, 7) is 1.75. The van der Waals surface area contributed by atoms with E-state index in [1.807, 2.05) is 0 Å². The number of rotatable bonds is 5. The topological polar surface area (TPSA) is 98.1 Å². The van der Waals surface area contributed by atoms with Crippen LogP contribution in [0.15, 0.2) is 5.11 Å². The van der Waals surface area contributed by atoms with Gasteiger partial charge >= 0.3 is 6.09 Å². The van der Waals surface area contributed by atoms with Crippen LogP contribution >= 0.6 is 0 Å². The normalized spacial score (nSPS) is 20.1. The van der Waals surface area contributed by atoms with Gasteiger partial charge in [0.05, 0.1) is 6.04 Å². The second-order valence-electron chi connectivity index (χ2n) is 4.74. The summed E-state index contributed by atoms with van der Waals surface area (Å²) < 4.78 is 0. The molecule has 0 aromatic rings. The Hall–Kier alpha value is -1.42. The first-order valence-electron chi connectivity index (χ1n) is 6.17. The van der Waals surface area contributed by atoms with Gasteiger partial charge < -0.3 is 10.4 Å². The maximum atomic E-state index is 10.7. The Labute approximate surface area is 101 Å². The molecule has 1 saturated carbocycles. The molecule has 1 aliphatic rings. The fraction of sp³-hybridized carbons (Fsp3) is 0.909. The maximum absolute atomic E-state index is 10.7. The van der Waals surface area contributed by atoms with Crippen LogP contribution in [0, 0.1) is 5.92 Å². The van der Waals surface area contributed by atoms with Crippen LogP contribution in [-0.4, -0.2) is 23.3 Å². The van der Waals surface area contributed by atoms with Gasteiger partial charge in [-0.25, -0.2) is 4.79 Å². The molecule has 0 aromatic carbocycles. The van der Waals surface area contributed by atoms with Gasteiger partial charge in [0.25, 0.3) is 0 Å². The molecule has 0 heterocycles. The van der Waals surface area contributed by atoms with E-state index >= 15 is 0 Å². The van der Waals surface area contributed by atoms with Crippen molar-refractivity contribution < 1.29 is 9.90 Å². The van der Waals surface area contributed by atoms with Gasteiger partial charge in [0.15, 0.2) is 0 Å². The molecule has 17 heavy (non-hydrogen) atoms. The molecule has 0 bridgehead atoms. The molecule has 0 aromatic heterocycles. The van der Waals surface area contributed by atoms with E-state index in [9.17, 15) is 4.79 Å². The fourth-order valence-corrected chi connectivity index (χ4v) is 2.48. The zero-order valence-corrected chi connectivity index (χ0v) is 10.2. The Morgan fingerprint density at radius 3 is 2.71 bits per heavy atom. The third kappa shape index (κ3) is 4.95. The Balaban J connectivity index is 2.54. The number of carboxylic acid groups (broad SMARTS) is 1. The summed E-state index contributed by atoms with van der Waals surface area (Å²) in [6, 6.07) is -0.607. The summed E-state index contributed by atoms with van der Waals surface area (Å²) >= 11 is 0. The lowest BCUT2D eigenvalue weighted by molar-refractivity contribution is 0.182. The van der Waals surface area contributed by atoms with Crippen LogP contribution in [0.25, 0.3) is 10.4 Å². The quantitative estimate of drug-likeness (QED) is 0.438. The minimum absolute atomic E-state index is 0.272. The van der Waals surface area contributed by atoms with Crippen LogP contribution < -0.4 is 5.32 Å². The summed E-state index contributed by atoms with van der Waals surface area (Å²) in [5, 5.41) is 14.8. The van der Waals surface area contributed by atoms with Gasteiger partial charge in [-0.05, 0) is 17.9 Å². The SMILES string of the molecule is CC(N=[N+]=[N-])C(CC1CCCCC1)NC(=O)O. The van der Waals surface area contributed by atoms with Gasteiger partial charge in [-0.2, -0.15) is 0 Å². The second kappa shape index (κ2) is 7.01. The second-order valence-corrected chi connectivity index (χ2v) is 4.74. The van der Waals surface area contributed by atoms with Crippen LogP contribution in [0.2, 0.25) is 0 Å². The van der Waals surface area contributed by atoms with E-state index in [-0.39, 0.29) is 12.1 Å². The third-order valence-electron chi connectivity index (χ3n) is 3.44. The van der Waals surface area contributed by atoms with Crippen LogP contribution in [0.3, 0.4) is 0 Å². The Kier molecular flexibility index (Phi) is 5.63. The van der Waals surface area contributed by atoms with Crippen molar-refractivity contribution in [2.24, 2.45) is 11.0 Å². The van der Waals surface area contributed by atoms with Crippen molar-refractivity contribution in [2.75, 3.05) is 0 Å². The van der Waals surface area contributed by atoms with E-state index in [2.05, 4.69) is 15.3 Å². The van der Waals surface area contributed by atoms with E-state index in [1.165, 1.54) is 19.3 Å². The minimum atomic E-state index is -1.05. The smallest absolute Gasteiger partial charge is 0.404 e. The number of azide groups is 1. The monoisotopic (exact) mass is 240 g/mol. The van der Waals surface area contributed by atoms with Gasteiger partial charge in [0.1, 0.15) is 0 Å². The van der Waals surface area contributed by atoms with Crippen LogP contribution in [0.5, 0.6) is 0 Å². The molecule has 2 atom stereocenters. The lowest BCUT2D eigenvalue weighted by Crippen LogP contribution is -2.42. The summed E-state index contributed by atoms with van der Waals surface area (Å²) in [6.07, 6.45) is 5.75. The average molecular weight is 240 g/mol. The molecule has 0 spiro atoms.